The Balaban J connectivity index is 2.12. The molecule has 30 heavy (non-hydrogen) atoms. The van der Waals surface area contributed by atoms with Gasteiger partial charge in [-0.15, -0.1) is 0 Å². The molecule has 0 amide bonds. The molecule has 0 fully saturated rings. The van der Waals surface area contributed by atoms with Crippen LogP contribution in [-0.4, -0.2) is 39.5 Å². The van der Waals surface area contributed by atoms with Crippen molar-refractivity contribution < 1.29 is 27.6 Å². The molecule has 0 radical (unpaired) electrons. The first-order chi connectivity index (χ1) is 14.3. The fraction of sp³-hybridized carbons (Fsp3) is 0.286. The van der Waals surface area contributed by atoms with Gasteiger partial charge in [0.1, 0.15) is 11.5 Å². The Bertz CT molecular complexity index is 1110. The van der Waals surface area contributed by atoms with Crippen molar-refractivity contribution in [1.82, 2.24) is 0 Å². The first-order valence-electron chi connectivity index (χ1n) is 9.36. The molecule has 3 rings (SSSR count). The van der Waals surface area contributed by atoms with Crippen molar-refractivity contribution in [2.24, 2.45) is 5.16 Å². The SMILES string of the molecule is CCC(=O)O/N=C1/CCN(S(=O)(=O)c2ccc(C)cc2)c2cc(OC)ccc2C1=O. The van der Waals surface area contributed by atoms with E-state index in [1.165, 1.54) is 31.4 Å². The number of oxime groups is 1. The Morgan fingerprint density at radius 2 is 1.87 bits per heavy atom. The zero-order chi connectivity index (χ0) is 21.9. The Morgan fingerprint density at radius 3 is 2.50 bits per heavy atom. The molecule has 8 nitrogen and oxygen atoms in total. The smallest absolute Gasteiger partial charge is 0.334 e. The summed E-state index contributed by atoms with van der Waals surface area (Å²) in [5, 5.41) is 3.70. The Kier molecular flexibility index (Phi) is 6.21. The number of hydrogen-bond acceptors (Lipinski definition) is 7. The topological polar surface area (TPSA) is 102 Å². The van der Waals surface area contributed by atoms with E-state index in [-0.39, 0.29) is 41.2 Å². The van der Waals surface area contributed by atoms with Gasteiger partial charge in [-0.25, -0.2) is 13.2 Å². The quantitative estimate of drug-likeness (QED) is 0.534. The van der Waals surface area contributed by atoms with Crippen LogP contribution in [0.3, 0.4) is 0 Å². The maximum absolute atomic E-state index is 13.4. The number of ketones is 1. The van der Waals surface area contributed by atoms with E-state index in [0.29, 0.717) is 5.75 Å². The average molecular weight is 430 g/mol. The van der Waals surface area contributed by atoms with Crippen molar-refractivity contribution in [2.75, 3.05) is 18.0 Å². The van der Waals surface area contributed by atoms with Gasteiger partial charge in [0.2, 0.25) is 5.78 Å². The molecule has 0 saturated carbocycles. The molecule has 1 aliphatic heterocycles. The minimum absolute atomic E-state index is 0.0160. The highest BCUT2D eigenvalue weighted by Gasteiger charge is 2.34. The van der Waals surface area contributed by atoms with Crippen LogP contribution in [0.25, 0.3) is 0 Å². The van der Waals surface area contributed by atoms with E-state index in [1.54, 1.807) is 25.1 Å². The summed E-state index contributed by atoms with van der Waals surface area (Å²) in [7, 11) is -2.51. The number of fused-ring (bicyclic) bond motifs is 1. The second-order valence-corrected chi connectivity index (χ2v) is 8.57. The zero-order valence-electron chi connectivity index (χ0n) is 16.9. The number of rotatable bonds is 5. The van der Waals surface area contributed by atoms with E-state index >= 15 is 0 Å². The Morgan fingerprint density at radius 1 is 1.17 bits per heavy atom. The molecule has 0 aliphatic carbocycles. The van der Waals surface area contributed by atoms with Gasteiger partial charge in [0.25, 0.3) is 10.0 Å². The lowest BCUT2D eigenvalue weighted by atomic mass is 10.0. The van der Waals surface area contributed by atoms with Crippen LogP contribution in [0, 0.1) is 6.92 Å². The number of carbonyl (C=O) groups is 2. The lowest BCUT2D eigenvalue weighted by Crippen LogP contribution is -2.32. The Labute approximate surface area is 175 Å². The number of nitrogens with zero attached hydrogens (tertiary/aromatic N) is 2. The predicted molar refractivity (Wildman–Crippen MR) is 111 cm³/mol. The van der Waals surface area contributed by atoms with Crippen LogP contribution in [-0.2, 0) is 19.7 Å². The number of ether oxygens (including phenoxy) is 1. The molecule has 0 unspecified atom stereocenters. The average Bonchev–Trinajstić information content (AvgIpc) is 2.88. The van der Waals surface area contributed by atoms with E-state index in [9.17, 15) is 18.0 Å². The number of carbonyl (C=O) groups excluding carboxylic acids is 2. The van der Waals surface area contributed by atoms with Crippen molar-refractivity contribution in [3.05, 3.63) is 53.6 Å². The molecular formula is C21H22N2O6S. The standard InChI is InChI=1S/C21H22N2O6S/c1-4-20(24)29-22-18-11-12-23(30(26,27)16-8-5-14(2)6-9-16)19-13-15(28-3)7-10-17(19)21(18)25/h5-10,13H,4,11-12H2,1-3H3/b22-18-. The maximum Gasteiger partial charge on any atom is 0.334 e. The molecule has 0 spiro atoms. The van der Waals surface area contributed by atoms with Crippen molar-refractivity contribution in [3.8, 4) is 5.75 Å². The third kappa shape index (κ3) is 4.20. The highest BCUT2D eigenvalue weighted by Crippen LogP contribution is 2.33. The van der Waals surface area contributed by atoms with E-state index in [0.717, 1.165) is 9.87 Å². The van der Waals surface area contributed by atoms with Crippen molar-refractivity contribution in [1.29, 1.82) is 0 Å². The van der Waals surface area contributed by atoms with Gasteiger partial charge in [-0.05, 0) is 31.2 Å². The van der Waals surface area contributed by atoms with Gasteiger partial charge >= 0.3 is 5.97 Å². The lowest BCUT2D eigenvalue weighted by Gasteiger charge is -2.24. The van der Waals surface area contributed by atoms with Gasteiger partial charge in [-0.1, -0.05) is 29.8 Å². The van der Waals surface area contributed by atoms with Crippen LogP contribution < -0.4 is 9.04 Å². The third-order valence-corrected chi connectivity index (χ3v) is 6.51. The van der Waals surface area contributed by atoms with Gasteiger partial charge in [0, 0.05) is 31.0 Å². The number of hydrogen-bond donors (Lipinski definition) is 0. The normalized spacial score (nSPS) is 15.5. The molecule has 1 heterocycles. The molecule has 0 atom stereocenters. The number of anilines is 1. The second-order valence-electron chi connectivity index (χ2n) is 6.71. The second kappa shape index (κ2) is 8.66. The molecule has 9 heteroatoms. The summed E-state index contributed by atoms with van der Waals surface area (Å²) in [5.74, 6) is -0.680. The minimum Gasteiger partial charge on any atom is -0.497 e. The molecule has 0 saturated heterocycles. The van der Waals surface area contributed by atoms with Crippen LogP contribution >= 0.6 is 0 Å². The first-order valence-corrected chi connectivity index (χ1v) is 10.8. The molecule has 0 aromatic heterocycles. The van der Waals surface area contributed by atoms with Crippen molar-refractivity contribution in [3.63, 3.8) is 0 Å². The zero-order valence-corrected chi connectivity index (χ0v) is 17.7. The first kappa shape index (κ1) is 21.5. The third-order valence-electron chi connectivity index (χ3n) is 4.69. The van der Waals surface area contributed by atoms with Gasteiger partial charge in [-0.2, -0.15) is 0 Å². The van der Waals surface area contributed by atoms with Gasteiger partial charge in [0.15, 0.2) is 0 Å². The van der Waals surface area contributed by atoms with E-state index in [4.69, 9.17) is 9.57 Å². The van der Waals surface area contributed by atoms with Gasteiger partial charge in [0.05, 0.1) is 17.7 Å². The number of benzene rings is 2. The molecule has 2 aromatic rings. The van der Waals surface area contributed by atoms with Crippen LogP contribution in [0.4, 0.5) is 5.69 Å². The van der Waals surface area contributed by atoms with Crippen LogP contribution in [0.2, 0.25) is 0 Å². The predicted octanol–water partition coefficient (Wildman–Crippen LogP) is 3.09. The summed E-state index contributed by atoms with van der Waals surface area (Å²) in [4.78, 5) is 29.3. The van der Waals surface area contributed by atoms with Crippen molar-refractivity contribution >= 4 is 33.2 Å². The molecule has 0 N–H and O–H groups in total. The lowest BCUT2D eigenvalue weighted by molar-refractivity contribution is -0.143. The van der Waals surface area contributed by atoms with Crippen molar-refractivity contribution in [2.45, 2.75) is 31.6 Å². The highest BCUT2D eigenvalue weighted by molar-refractivity contribution is 7.92. The summed E-state index contributed by atoms with van der Waals surface area (Å²) in [6.07, 6.45) is 0.0879. The molecule has 1 aliphatic rings. The summed E-state index contributed by atoms with van der Waals surface area (Å²) >= 11 is 0. The monoisotopic (exact) mass is 430 g/mol. The number of sulfonamides is 1. The maximum atomic E-state index is 13.4. The number of aryl methyl sites for hydroxylation is 1. The van der Waals surface area contributed by atoms with Gasteiger partial charge < -0.3 is 9.57 Å². The fourth-order valence-corrected chi connectivity index (χ4v) is 4.45. The summed E-state index contributed by atoms with van der Waals surface area (Å²) in [6.45, 7) is 3.42. The Hall–Kier alpha value is -3.20. The molecule has 0 bridgehead atoms. The highest BCUT2D eigenvalue weighted by atomic mass is 32.2. The summed E-state index contributed by atoms with van der Waals surface area (Å²) in [5.41, 5.74) is 1.22. The van der Waals surface area contributed by atoms with Crippen LogP contribution in [0.1, 0.15) is 35.7 Å². The largest absolute Gasteiger partial charge is 0.497 e. The minimum atomic E-state index is -3.96. The summed E-state index contributed by atoms with van der Waals surface area (Å²) in [6, 6.07) is 11.0. The summed E-state index contributed by atoms with van der Waals surface area (Å²) < 4.78 is 33.2. The van der Waals surface area contributed by atoms with E-state index < -0.39 is 21.8 Å². The van der Waals surface area contributed by atoms with E-state index in [1.807, 2.05) is 6.92 Å². The van der Waals surface area contributed by atoms with E-state index in [2.05, 4.69) is 5.16 Å². The number of methoxy groups -OCH3 is 1. The van der Waals surface area contributed by atoms with Gasteiger partial charge in [-0.3, -0.25) is 9.10 Å². The molecular weight excluding hydrogens is 408 g/mol. The number of Topliss-reactive ketones (excluding diaryl/α,β-unsaturated/α-hetero) is 1. The van der Waals surface area contributed by atoms with Crippen LogP contribution in [0.5, 0.6) is 5.75 Å². The molecule has 2 aromatic carbocycles. The molecule has 158 valence electrons. The fourth-order valence-electron chi connectivity index (χ4n) is 2.98. The van der Waals surface area contributed by atoms with Crippen LogP contribution in [0.15, 0.2) is 52.5 Å².